The van der Waals surface area contributed by atoms with Gasteiger partial charge in [-0.3, -0.25) is 19.7 Å². The Morgan fingerprint density at radius 3 is 2.36 bits per heavy atom. The van der Waals surface area contributed by atoms with Gasteiger partial charge in [0.05, 0.1) is 17.4 Å². The van der Waals surface area contributed by atoms with Crippen molar-refractivity contribution in [1.82, 2.24) is 0 Å². The first-order chi connectivity index (χ1) is 13.1. The summed E-state index contributed by atoms with van der Waals surface area (Å²) in [4.78, 5) is 33.6. The van der Waals surface area contributed by atoms with Gasteiger partial charge in [0, 0.05) is 17.8 Å². The summed E-state index contributed by atoms with van der Waals surface area (Å²) in [5.74, 6) is -1.12. The number of amides is 1. The molecule has 28 heavy (non-hydrogen) atoms. The van der Waals surface area contributed by atoms with Crippen LogP contribution in [0.1, 0.15) is 19.4 Å². The number of nitrogens with one attached hydrogen (secondary N) is 1. The number of carbonyl (C=O) groups excluding carboxylic acids is 1. The molecule has 0 aromatic heterocycles. The third-order valence-electron chi connectivity index (χ3n) is 4.14. The minimum Gasteiger partial charge on any atom is -0.490 e. The number of anilines is 1. The van der Waals surface area contributed by atoms with E-state index in [2.05, 4.69) is 5.32 Å². The summed E-state index contributed by atoms with van der Waals surface area (Å²) in [7, 11) is 1.30. The fourth-order valence-corrected chi connectivity index (χ4v) is 2.34. The Balaban J connectivity index is 1.98. The lowest BCUT2D eigenvalue weighted by Crippen LogP contribution is -2.28. The van der Waals surface area contributed by atoms with Gasteiger partial charge in [-0.15, -0.1) is 0 Å². The van der Waals surface area contributed by atoms with Crippen molar-refractivity contribution in [2.75, 3.05) is 19.0 Å². The molecule has 0 fully saturated rings. The zero-order chi connectivity index (χ0) is 20.9. The molecule has 0 saturated carbocycles. The molecule has 0 bridgehead atoms. The van der Waals surface area contributed by atoms with E-state index in [0.29, 0.717) is 11.3 Å². The molecule has 2 N–H and O–H groups in total. The van der Waals surface area contributed by atoms with Gasteiger partial charge >= 0.3 is 11.7 Å². The number of nitrogens with zero attached hydrogens (tertiary/aromatic N) is 1. The second-order valence-corrected chi connectivity index (χ2v) is 6.44. The average Bonchev–Trinajstić information content (AvgIpc) is 2.66. The number of nitro benzene ring substituents is 1. The van der Waals surface area contributed by atoms with Crippen molar-refractivity contribution in [3.63, 3.8) is 0 Å². The lowest BCUT2D eigenvalue weighted by atomic mass is 9.85. The van der Waals surface area contributed by atoms with E-state index in [1.165, 1.54) is 25.3 Å². The van der Waals surface area contributed by atoms with Crippen LogP contribution in [0.4, 0.5) is 11.4 Å². The Kier molecular flexibility index (Phi) is 6.19. The maximum Gasteiger partial charge on any atom is 0.313 e. The molecule has 2 aromatic carbocycles. The van der Waals surface area contributed by atoms with Gasteiger partial charge in [0.2, 0.25) is 5.75 Å². The van der Waals surface area contributed by atoms with Gasteiger partial charge in [-0.05, 0) is 37.6 Å². The number of aliphatic carboxylic acids is 1. The number of benzene rings is 2. The fraction of sp³-hybridized carbons (Fsp3) is 0.263. The van der Waals surface area contributed by atoms with E-state index in [9.17, 15) is 24.8 Å². The minimum absolute atomic E-state index is 0.0274. The number of methoxy groups -OCH3 is 1. The number of ether oxygens (including phenoxy) is 2. The van der Waals surface area contributed by atoms with Crippen LogP contribution in [0.15, 0.2) is 42.5 Å². The highest BCUT2D eigenvalue weighted by molar-refractivity contribution is 5.92. The summed E-state index contributed by atoms with van der Waals surface area (Å²) in [6.45, 7) is 2.87. The van der Waals surface area contributed by atoms with Crippen molar-refractivity contribution in [2.45, 2.75) is 19.3 Å². The normalized spacial score (nSPS) is 10.8. The largest absolute Gasteiger partial charge is 0.490 e. The molecule has 0 spiro atoms. The molecule has 9 heteroatoms. The summed E-state index contributed by atoms with van der Waals surface area (Å²) in [6.07, 6.45) is 0. The van der Waals surface area contributed by atoms with E-state index in [-0.39, 0.29) is 23.8 Å². The third kappa shape index (κ3) is 4.76. The molecule has 0 aliphatic rings. The highest BCUT2D eigenvalue weighted by Gasteiger charge is 2.29. The van der Waals surface area contributed by atoms with E-state index in [1.807, 2.05) is 0 Å². The maximum absolute atomic E-state index is 12.0. The van der Waals surface area contributed by atoms with Crippen molar-refractivity contribution in [3.05, 3.63) is 58.1 Å². The van der Waals surface area contributed by atoms with Gasteiger partial charge < -0.3 is 19.9 Å². The van der Waals surface area contributed by atoms with Crippen LogP contribution in [0.25, 0.3) is 0 Å². The van der Waals surface area contributed by atoms with Gasteiger partial charge in [0.25, 0.3) is 5.91 Å². The van der Waals surface area contributed by atoms with E-state index in [4.69, 9.17) is 9.47 Å². The molecule has 0 heterocycles. The number of nitro groups is 1. The van der Waals surface area contributed by atoms with Crippen molar-refractivity contribution >= 4 is 23.3 Å². The first-order valence-electron chi connectivity index (χ1n) is 8.24. The van der Waals surface area contributed by atoms with Gasteiger partial charge in [0.15, 0.2) is 6.61 Å². The van der Waals surface area contributed by atoms with E-state index in [1.54, 1.807) is 38.1 Å². The zero-order valence-electron chi connectivity index (χ0n) is 15.6. The standard InChI is InChI=1S/C19H20N2O7/c1-19(2,18(23)24)12-4-6-13(7-5-12)20-17(22)11-28-14-8-9-15(21(25)26)16(10-14)27-3/h4-10H,11H2,1-3H3,(H,20,22)(H,23,24). The number of carboxylic acid groups (broad SMARTS) is 1. The third-order valence-corrected chi connectivity index (χ3v) is 4.14. The average molecular weight is 388 g/mol. The molecule has 2 aromatic rings. The predicted octanol–water partition coefficient (Wildman–Crippen LogP) is 2.98. The van der Waals surface area contributed by atoms with Crippen LogP contribution in [0.2, 0.25) is 0 Å². The predicted molar refractivity (Wildman–Crippen MR) is 101 cm³/mol. The van der Waals surface area contributed by atoms with Crippen LogP contribution >= 0.6 is 0 Å². The SMILES string of the molecule is COc1cc(OCC(=O)Nc2ccc(C(C)(C)C(=O)O)cc2)ccc1[N+](=O)[O-]. The van der Waals surface area contributed by atoms with Crippen LogP contribution in [0.3, 0.4) is 0 Å². The van der Waals surface area contributed by atoms with Crippen LogP contribution in [0.5, 0.6) is 11.5 Å². The Hall–Kier alpha value is -3.62. The molecule has 0 saturated heterocycles. The number of hydrogen-bond acceptors (Lipinski definition) is 6. The van der Waals surface area contributed by atoms with Crippen molar-refractivity contribution in [2.24, 2.45) is 0 Å². The minimum atomic E-state index is -1.04. The first kappa shape index (κ1) is 20.7. The molecule has 0 atom stereocenters. The molecular weight excluding hydrogens is 368 g/mol. The lowest BCUT2D eigenvalue weighted by Gasteiger charge is -2.19. The molecule has 1 amide bonds. The molecule has 2 rings (SSSR count). The monoisotopic (exact) mass is 388 g/mol. The Bertz CT molecular complexity index is 892. The highest BCUT2D eigenvalue weighted by atomic mass is 16.6. The summed E-state index contributed by atoms with van der Waals surface area (Å²) in [6, 6.07) is 10.4. The van der Waals surface area contributed by atoms with Gasteiger partial charge in [-0.1, -0.05) is 12.1 Å². The van der Waals surface area contributed by atoms with Crippen molar-refractivity contribution in [1.29, 1.82) is 0 Å². The van der Waals surface area contributed by atoms with Crippen LogP contribution in [-0.2, 0) is 15.0 Å². The molecule has 0 aliphatic heterocycles. The van der Waals surface area contributed by atoms with E-state index in [0.717, 1.165) is 0 Å². The molecule has 0 unspecified atom stereocenters. The lowest BCUT2D eigenvalue weighted by molar-refractivity contribution is -0.385. The molecule has 148 valence electrons. The number of carbonyl (C=O) groups is 2. The first-order valence-corrected chi connectivity index (χ1v) is 8.24. The Morgan fingerprint density at radius 1 is 1.18 bits per heavy atom. The second-order valence-electron chi connectivity index (χ2n) is 6.44. The van der Waals surface area contributed by atoms with Crippen molar-refractivity contribution in [3.8, 4) is 11.5 Å². The quantitative estimate of drug-likeness (QED) is 0.525. The van der Waals surface area contributed by atoms with Gasteiger partial charge in [-0.25, -0.2) is 0 Å². The van der Waals surface area contributed by atoms with Gasteiger partial charge in [-0.2, -0.15) is 0 Å². The molecule has 0 radical (unpaired) electrons. The fourth-order valence-electron chi connectivity index (χ4n) is 2.34. The number of rotatable bonds is 8. The molecular formula is C19H20N2O7. The van der Waals surface area contributed by atoms with E-state index >= 15 is 0 Å². The van der Waals surface area contributed by atoms with Crippen LogP contribution in [-0.4, -0.2) is 35.6 Å². The topological polar surface area (TPSA) is 128 Å². The molecule has 9 nitrogen and oxygen atoms in total. The zero-order valence-corrected chi connectivity index (χ0v) is 15.6. The Labute approximate surface area is 161 Å². The van der Waals surface area contributed by atoms with Crippen LogP contribution in [0, 0.1) is 10.1 Å². The summed E-state index contributed by atoms with van der Waals surface area (Å²) < 4.78 is 10.3. The summed E-state index contributed by atoms with van der Waals surface area (Å²) in [5, 5.41) is 22.7. The summed E-state index contributed by atoms with van der Waals surface area (Å²) in [5.41, 5.74) is -0.156. The number of carboxylic acids is 1. The summed E-state index contributed by atoms with van der Waals surface area (Å²) >= 11 is 0. The van der Waals surface area contributed by atoms with Gasteiger partial charge in [0.1, 0.15) is 5.75 Å². The second kappa shape index (κ2) is 8.38. The Morgan fingerprint density at radius 2 is 1.82 bits per heavy atom. The van der Waals surface area contributed by atoms with E-state index < -0.39 is 22.2 Å². The molecule has 0 aliphatic carbocycles. The maximum atomic E-state index is 12.0. The van der Waals surface area contributed by atoms with Crippen LogP contribution < -0.4 is 14.8 Å². The highest BCUT2D eigenvalue weighted by Crippen LogP contribution is 2.30. The smallest absolute Gasteiger partial charge is 0.313 e. The van der Waals surface area contributed by atoms with Crippen molar-refractivity contribution < 1.29 is 29.1 Å². The number of hydrogen-bond donors (Lipinski definition) is 2.